The van der Waals surface area contributed by atoms with Gasteiger partial charge in [0.2, 0.25) is 0 Å². The van der Waals surface area contributed by atoms with Gasteiger partial charge in [0.05, 0.1) is 39.3 Å². The topological polar surface area (TPSA) is 9.49 Å². The highest BCUT2D eigenvalue weighted by Gasteiger charge is 2.26. The zero-order chi connectivity index (χ0) is 16.8. The number of halogens is 1. The van der Waals surface area contributed by atoms with Gasteiger partial charge < -0.3 is 17.0 Å². The zero-order valence-corrected chi connectivity index (χ0v) is 15.8. The second-order valence-corrected chi connectivity index (χ2v) is 4.75. The maximum Gasteiger partial charge on any atom is 0.352 e. The van der Waals surface area contributed by atoms with Gasteiger partial charge >= 0.3 is 5.96 Å². The lowest BCUT2D eigenvalue weighted by Gasteiger charge is -2.28. The van der Waals surface area contributed by atoms with Crippen molar-refractivity contribution in [3.05, 3.63) is 75.9 Å². The van der Waals surface area contributed by atoms with Gasteiger partial charge in [-0.2, -0.15) is 0 Å². The van der Waals surface area contributed by atoms with E-state index in [4.69, 9.17) is 0 Å². The van der Waals surface area contributed by atoms with Crippen LogP contribution < -0.4 is 17.0 Å². The van der Waals surface area contributed by atoms with Gasteiger partial charge in [-0.1, -0.05) is 75.9 Å². The molecule has 23 heavy (non-hydrogen) atoms. The van der Waals surface area contributed by atoms with Gasteiger partial charge in [-0.3, -0.25) is 14.4 Å². The van der Waals surface area contributed by atoms with Gasteiger partial charge in [0, 0.05) is 0 Å². The quantitative estimate of drug-likeness (QED) is 0.205. The van der Waals surface area contributed by atoms with Gasteiger partial charge in [0.1, 0.15) is 0 Å². The van der Waals surface area contributed by atoms with Crippen LogP contribution in [0.5, 0.6) is 0 Å². The number of hydrogen-bond acceptors (Lipinski definition) is 0. The molecule has 128 valence electrons. The molecular weight excluding hydrogens is 350 g/mol. The molecule has 0 aromatic carbocycles. The summed E-state index contributed by atoms with van der Waals surface area (Å²) in [5.41, 5.74) is 0. The Hall–Kier alpha value is -1.81. The minimum Gasteiger partial charge on any atom is -1.00 e. The van der Waals surface area contributed by atoms with Gasteiger partial charge in [-0.25, -0.2) is 0 Å². The first-order valence-electron chi connectivity index (χ1n) is 7.47. The van der Waals surface area contributed by atoms with Crippen molar-refractivity contribution >= 4 is 5.96 Å². The Morgan fingerprint density at radius 3 is 1.13 bits per heavy atom. The minimum atomic E-state index is 0. The van der Waals surface area contributed by atoms with Crippen LogP contribution in [0, 0.1) is 0 Å². The van der Waals surface area contributed by atoms with Crippen molar-refractivity contribution in [2.75, 3.05) is 39.3 Å². The third-order valence-corrected chi connectivity index (χ3v) is 2.95. The second-order valence-electron chi connectivity index (χ2n) is 4.75. The van der Waals surface area contributed by atoms with Crippen molar-refractivity contribution in [3.8, 4) is 0 Å². The lowest BCUT2D eigenvalue weighted by Crippen LogP contribution is -3.00. The van der Waals surface area contributed by atoms with Crippen LogP contribution >= 0.6 is 0 Å². The van der Waals surface area contributed by atoms with Crippen LogP contribution in [0.4, 0.5) is 0 Å². The van der Waals surface area contributed by atoms with Crippen LogP contribution in [0.1, 0.15) is 0 Å². The fourth-order valence-corrected chi connectivity index (χ4v) is 2.25. The van der Waals surface area contributed by atoms with Crippen LogP contribution in [-0.4, -0.2) is 59.6 Å². The SMILES string of the molecule is C=CCN(CC=C)C(N(CC=C)CC=C)=[N+](CC=C)CC=C.[Br-]. The highest BCUT2D eigenvalue weighted by Crippen LogP contribution is 2.03. The van der Waals surface area contributed by atoms with Crippen molar-refractivity contribution < 1.29 is 21.6 Å². The molecule has 4 heteroatoms. The van der Waals surface area contributed by atoms with E-state index in [9.17, 15) is 0 Å². The highest BCUT2D eigenvalue weighted by molar-refractivity contribution is 5.76. The van der Waals surface area contributed by atoms with E-state index in [2.05, 4.69) is 53.8 Å². The van der Waals surface area contributed by atoms with E-state index in [-0.39, 0.29) is 17.0 Å². The molecule has 0 saturated carbocycles. The molecule has 0 spiro atoms. The van der Waals surface area contributed by atoms with E-state index < -0.39 is 0 Å². The van der Waals surface area contributed by atoms with Crippen molar-refractivity contribution in [2.24, 2.45) is 0 Å². The Morgan fingerprint density at radius 2 is 0.913 bits per heavy atom. The molecule has 0 aromatic rings. The van der Waals surface area contributed by atoms with E-state index in [0.29, 0.717) is 0 Å². The molecule has 0 rings (SSSR count). The molecule has 0 aliphatic rings. The molecule has 0 aromatic heterocycles. The molecule has 0 fully saturated rings. The summed E-state index contributed by atoms with van der Waals surface area (Å²) in [6.45, 7) is 27.6. The Morgan fingerprint density at radius 1 is 0.609 bits per heavy atom. The molecule has 3 nitrogen and oxygen atoms in total. The second kappa shape index (κ2) is 15.1. The van der Waals surface area contributed by atoms with E-state index in [1.54, 1.807) is 0 Å². The van der Waals surface area contributed by atoms with Crippen molar-refractivity contribution in [3.63, 3.8) is 0 Å². The first kappa shape index (κ1) is 23.5. The van der Waals surface area contributed by atoms with Crippen LogP contribution in [-0.2, 0) is 0 Å². The third kappa shape index (κ3) is 8.41. The molecule has 0 unspecified atom stereocenters. The van der Waals surface area contributed by atoms with Crippen LogP contribution in [0.2, 0.25) is 0 Å². The summed E-state index contributed by atoms with van der Waals surface area (Å²) in [7, 11) is 0. The van der Waals surface area contributed by atoms with Crippen LogP contribution in [0.3, 0.4) is 0 Å². The first-order valence-corrected chi connectivity index (χ1v) is 7.47. The monoisotopic (exact) mass is 379 g/mol. The molecule has 0 heterocycles. The predicted octanol–water partition coefficient (Wildman–Crippen LogP) is 0.0789. The number of guanidine groups is 1. The van der Waals surface area contributed by atoms with E-state index in [1.165, 1.54) is 0 Å². The molecule has 0 saturated heterocycles. The lowest BCUT2D eigenvalue weighted by molar-refractivity contribution is -0.517. The normalized spacial score (nSPS) is 8.87. The van der Waals surface area contributed by atoms with E-state index in [0.717, 1.165) is 45.2 Å². The molecular formula is C19H30BrN3. The maximum absolute atomic E-state index is 3.86. The Balaban J connectivity index is 0. The fraction of sp³-hybridized carbons (Fsp3) is 0.316. The third-order valence-electron chi connectivity index (χ3n) is 2.95. The largest absolute Gasteiger partial charge is 1.00 e. The van der Waals surface area contributed by atoms with Gasteiger partial charge in [-0.15, -0.1) is 0 Å². The van der Waals surface area contributed by atoms with E-state index in [1.807, 2.05) is 36.5 Å². The standard InChI is InChI=1S/C19H30N3.BrH/c1-7-13-20(14-8-2)19(21(15-9-3)16-10-4)22(17-11-5)18-12-6;/h7-12H,1-6,13-18H2;1H/q+1;/p-1. The molecule has 0 aliphatic carbocycles. The highest BCUT2D eigenvalue weighted by atomic mass is 79.9. The average molecular weight is 380 g/mol. The van der Waals surface area contributed by atoms with Gasteiger partial charge in [0.25, 0.3) is 0 Å². The molecule has 0 atom stereocenters. The van der Waals surface area contributed by atoms with Crippen molar-refractivity contribution in [2.45, 2.75) is 0 Å². The Labute approximate surface area is 152 Å². The number of nitrogens with zero attached hydrogens (tertiary/aromatic N) is 3. The van der Waals surface area contributed by atoms with Gasteiger partial charge in [0.15, 0.2) is 0 Å². The molecule has 0 bridgehead atoms. The zero-order valence-electron chi connectivity index (χ0n) is 14.2. The molecule has 0 N–H and O–H groups in total. The Kier molecular flexibility index (Phi) is 15.4. The van der Waals surface area contributed by atoms with Crippen LogP contribution in [0.15, 0.2) is 75.9 Å². The molecule has 0 aliphatic heterocycles. The van der Waals surface area contributed by atoms with Crippen molar-refractivity contribution in [1.82, 2.24) is 9.80 Å². The smallest absolute Gasteiger partial charge is 0.352 e. The summed E-state index contributed by atoms with van der Waals surface area (Å²) in [6, 6.07) is 0. The number of hydrogen-bond donors (Lipinski definition) is 0. The predicted molar refractivity (Wildman–Crippen MR) is 99.3 cm³/mol. The Bertz CT molecular complexity index is 380. The number of rotatable bonds is 12. The summed E-state index contributed by atoms with van der Waals surface area (Å²) in [4.78, 5) is 4.44. The molecule has 0 radical (unpaired) electrons. The van der Waals surface area contributed by atoms with Crippen molar-refractivity contribution in [1.29, 1.82) is 0 Å². The molecule has 0 amide bonds. The van der Waals surface area contributed by atoms with Crippen LogP contribution in [0.25, 0.3) is 0 Å². The summed E-state index contributed by atoms with van der Waals surface area (Å²) in [5.74, 6) is 1.08. The van der Waals surface area contributed by atoms with Gasteiger partial charge in [-0.05, 0) is 0 Å². The maximum atomic E-state index is 3.86. The summed E-state index contributed by atoms with van der Waals surface area (Å²) in [5, 5.41) is 0. The van der Waals surface area contributed by atoms with E-state index >= 15 is 0 Å². The average Bonchev–Trinajstić information content (AvgIpc) is 2.49. The summed E-state index contributed by atoms with van der Waals surface area (Å²) >= 11 is 0. The first-order chi connectivity index (χ1) is 10.7. The summed E-state index contributed by atoms with van der Waals surface area (Å²) in [6.07, 6.45) is 11.4. The summed E-state index contributed by atoms with van der Waals surface area (Å²) < 4.78 is 2.22. The fourth-order valence-electron chi connectivity index (χ4n) is 2.25. The lowest BCUT2D eigenvalue weighted by atomic mass is 10.3. The minimum absolute atomic E-state index is 0.